The van der Waals surface area contributed by atoms with Crippen LogP contribution in [-0.2, 0) is 6.54 Å². The first-order valence-corrected chi connectivity index (χ1v) is 4.37. The molecule has 1 heterocycles. The molecule has 0 radical (unpaired) electrons. The molecule has 72 valence electrons. The molecular weight excluding hydrogens is 178 g/mol. The summed E-state index contributed by atoms with van der Waals surface area (Å²) in [6, 6.07) is 11.5. The molecule has 4 heteroatoms. The Morgan fingerprint density at radius 1 is 1.21 bits per heavy atom. The Morgan fingerprint density at radius 3 is 2.64 bits per heavy atom. The number of aromatic hydroxyl groups is 1. The summed E-state index contributed by atoms with van der Waals surface area (Å²) >= 11 is 0. The van der Waals surface area contributed by atoms with Crippen LogP contribution in [0.1, 0.15) is 5.56 Å². The highest BCUT2D eigenvalue weighted by molar-refractivity contribution is 5.16. The van der Waals surface area contributed by atoms with Crippen LogP contribution in [0.25, 0.3) is 0 Å². The predicted octanol–water partition coefficient (Wildman–Crippen LogP) is 1.33. The standard InChI is InChI=1S/C10H11N3O/c14-10-6-7-11-13(10)12-8-9-4-2-1-3-5-9/h1-7,12,14H,8H2. The highest BCUT2D eigenvalue weighted by Crippen LogP contribution is 2.04. The Kier molecular flexibility index (Phi) is 2.36. The van der Waals surface area contributed by atoms with Crippen LogP contribution >= 0.6 is 0 Å². The van der Waals surface area contributed by atoms with E-state index in [1.54, 1.807) is 0 Å². The number of benzene rings is 1. The Hall–Kier alpha value is -1.97. The molecule has 0 spiro atoms. The second kappa shape index (κ2) is 3.83. The molecule has 2 N–H and O–H groups in total. The minimum absolute atomic E-state index is 0.112. The number of rotatable bonds is 3. The molecule has 0 saturated carbocycles. The van der Waals surface area contributed by atoms with Gasteiger partial charge >= 0.3 is 0 Å². The van der Waals surface area contributed by atoms with Crippen molar-refractivity contribution in [1.29, 1.82) is 0 Å². The van der Waals surface area contributed by atoms with Crippen molar-refractivity contribution in [2.75, 3.05) is 5.43 Å². The number of nitrogens with one attached hydrogen (secondary N) is 1. The van der Waals surface area contributed by atoms with E-state index in [1.807, 2.05) is 30.3 Å². The lowest BCUT2D eigenvalue weighted by atomic mass is 10.2. The molecule has 0 aliphatic carbocycles. The second-order valence-electron chi connectivity index (χ2n) is 2.92. The van der Waals surface area contributed by atoms with Crippen molar-refractivity contribution in [3.63, 3.8) is 0 Å². The molecule has 4 nitrogen and oxygen atoms in total. The molecule has 0 saturated heterocycles. The lowest BCUT2D eigenvalue weighted by Gasteiger charge is -2.06. The fourth-order valence-corrected chi connectivity index (χ4v) is 1.18. The molecular formula is C10H11N3O. The van der Waals surface area contributed by atoms with E-state index in [1.165, 1.54) is 17.1 Å². The zero-order valence-electron chi connectivity index (χ0n) is 7.59. The third-order valence-electron chi connectivity index (χ3n) is 1.90. The highest BCUT2D eigenvalue weighted by Gasteiger charge is 1.97. The molecule has 0 fully saturated rings. The van der Waals surface area contributed by atoms with E-state index in [0.717, 1.165) is 5.56 Å². The fourth-order valence-electron chi connectivity index (χ4n) is 1.18. The lowest BCUT2D eigenvalue weighted by molar-refractivity contribution is 0.419. The second-order valence-corrected chi connectivity index (χ2v) is 2.92. The van der Waals surface area contributed by atoms with Crippen molar-refractivity contribution in [2.45, 2.75) is 6.54 Å². The average molecular weight is 189 g/mol. The van der Waals surface area contributed by atoms with Crippen LogP contribution < -0.4 is 5.43 Å². The van der Waals surface area contributed by atoms with Crippen LogP contribution in [0.3, 0.4) is 0 Å². The summed E-state index contributed by atoms with van der Waals surface area (Å²) in [5.41, 5.74) is 4.11. The van der Waals surface area contributed by atoms with Gasteiger partial charge in [0.2, 0.25) is 5.88 Å². The van der Waals surface area contributed by atoms with Gasteiger partial charge in [-0.05, 0) is 5.56 Å². The van der Waals surface area contributed by atoms with Crippen molar-refractivity contribution < 1.29 is 5.11 Å². The molecule has 0 amide bonds. The van der Waals surface area contributed by atoms with Gasteiger partial charge in [-0.25, -0.2) is 0 Å². The van der Waals surface area contributed by atoms with Crippen molar-refractivity contribution in [3.8, 4) is 5.88 Å². The van der Waals surface area contributed by atoms with Crippen LogP contribution in [0.4, 0.5) is 0 Å². The third-order valence-corrected chi connectivity index (χ3v) is 1.90. The van der Waals surface area contributed by atoms with Gasteiger partial charge in [-0.15, -0.1) is 4.79 Å². The van der Waals surface area contributed by atoms with Gasteiger partial charge in [0.1, 0.15) is 0 Å². The Bertz CT molecular complexity index is 397. The lowest BCUT2D eigenvalue weighted by Crippen LogP contribution is -2.14. The molecule has 1 aromatic carbocycles. The fraction of sp³-hybridized carbons (Fsp3) is 0.100. The average Bonchev–Trinajstić information content (AvgIpc) is 2.63. The van der Waals surface area contributed by atoms with Crippen LogP contribution in [-0.4, -0.2) is 15.0 Å². The maximum absolute atomic E-state index is 9.27. The summed E-state index contributed by atoms with van der Waals surface area (Å²) in [6.45, 7) is 0.635. The zero-order valence-corrected chi connectivity index (χ0v) is 7.59. The number of aromatic nitrogens is 2. The van der Waals surface area contributed by atoms with Crippen molar-refractivity contribution in [3.05, 3.63) is 48.2 Å². The van der Waals surface area contributed by atoms with E-state index in [-0.39, 0.29) is 5.88 Å². The Labute approximate surface area is 81.8 Å². The van der Waals surface area contributed by atoms with Gasteiger partial charge in [0, 0.05) is 6.07 Å². The summed E-state index contributed by atoms with van der Waals surface area (Å²) in [5.74, 6) is 0.112. The van der Waals surface area contributed by atoms with Crippen molar-refractivity contribution in [1.82, 2.24) is 9.89 Å². The monoisotopic (exact) mass is 189 g/mol. The van der Waals surface area contributed by atoms with Crippen molar-refractivity contribution in [2.24, 2.45) is 0 Å². The van der Waals surface area contributed by atoms with Crippen LogP contribution in [0.2, 0.25) is 0 Å². The molecule has 2 rings (SSSR count). The maximum atomic E-state index is 9.27. The van der Waals surface area contributed by atoms with Gasteiger partial charge in [0.15, 0.2) is 0 Å². The van der Waals surface area contributed by atoms with Gasteiger partial charge in [0.25, 0.3) is 0 Å². The predicted molar refractivity (Wildman–Crippen MR) is 53.4 cm³/mol. The molecule has 1 aromatic heterocycles. The smallest absolute Gasteiger partial charge is 0.229 e. The van der Waals surface area contributed by atoms with E-state index >= 15 is 0 Å². The van der Waals surface area contributed by atoms with Crippen LogP contribution in [0.15, 0.2) is 42.6 Å². The molecule has 0 unspecified atom stereocenters. The molecule has 0 aliphatic rings. The van der Waals surface area contributed by atoms with E-state index < -0.39 is 0 Å². The quantitative estimate of drug-likeness (QED) is 0.765. The topological polar surface area (TPSA) is 50.1 Å². The molecule has 0 bridgehead atoms. The van der Waals surface area contributed by atoms with Gasteiger partial charge in [-0.2, -0.15) is 5.10 Å². The summed E-state index contributed by atoms with van der Waals surface area (Å²) in [7, 11) is 0. The SMILES string of the molecule is Oc1ccnn1NCc1ccccc1. The van der Waals surface area contributed by atoms with Crippen LogP contribution in [0.5, 0.6) is 5.88 Å². The Balaban J connectivity index is 1.99. The van der Waals surface area contributed by atoms with Gasteiger partial charge in [-0.3, -0.25) is 0 Å². The molecule has 2 aromatic rings. The number of hydrogen-bond acceptors (Lipinski definition) is 3. The number of nitrogens with zero attached hydrogens (tertiary/aromatic N) is 2. The summed E-state index contributed by atoms with van der Waals surface area (Å²) < 4.78 is 0. The van der Waals surface area contributed by atoms with Crippen LogP contribution in [0, 0.1) is 0 Å². The number of hydrogen-bond donors (Lipinski definition) is 2. The van der Waals surface area contributed by atoms with E-state index in [9.17, 15) is 5.11 Å². The van der Waals surface area contributed by atoms with E-state index in [0.29, 0.717) is 6.54 Å². The minimum atomic E-state index is 0.112. The molecule has 14 heavy (non-hydrogen) atoms. The van der Waals surface area contributed by atoms with Gasteiger partial charge < -0.3 is 10.5 Å². The summed E-state index contributed by atoms with van der Waals surface area (Å²) in [5, 5.41) is 13.2. The van der Waals surface area contributed by atoms with Crippen molar-refractivity contribution >= 4 is 0 Å². The minimum Gasteiger partial charge on any atom is -0.492 e. The molecule has 0 aliphatic heterocycles. The largest absolute Gasteiger partial charge is 0.492 e. The first-order chi connectivity index (χ1) is 6.86. The first-order valence-electron chi connectivity index (χ1n) is 4.37. The van der Waals surface area contributed by atoms with E-state index in [2.05, 4.69) is 10.5 Å². The van der Waals surface area contributed by atoms with Gasteiger partial charge in [-0.1, -0.05) is 30.3 Å². The maximum Gasteiger partial charge on any atom is 0.229 e. The zero-order chi connectivity index (χ0) is 9.80. The first kappa shape index (κ1) is 8.62. The Morgan fingerprint density at radius 2 is 2.00 bits per heavy atom. The van der Waals surface area contributed by atoms with Gasteiger partial charge in [0.05, 0.1) is 12.7 Å². The molecule has 0 atom stereocenters. The normalized spacial score (nSPS) is 10.0. The highest BCUT2D eigenvalue weighted by atomic mass is 16.3. The third kappa shape index (κ3) is 1.85. The van der Waals surface area contributed by atoms with E-state index in [4.69, 9.17) is 0 Å². The summed E-state index contributed by atoms with van der Waals surface area (Å²) in [6.07, 6.45) is 1.54. The summed E-state index contributed by atoms with van der Waals surface area (Å²) in [4.78, 5) is 1.34.